The molecule has 0 saturated heterocycles. The highest BCUT2D eigenvalue weighted by atomic mass is 19.4. The summed E-state index contributed by atoms with van der Waals surface area (Å²) >= 11 is 0. The summed E-state index contributed by atoms with van der Waals surface area (Å²) in [5, 5.41) is 19.8. The van der Waals surface area contributed by atoms with E-state index in [1.807, 2.05) is 0 Å². The van der Waals surface area contributed by atoms with Crippen LogP contribution in [0.3, 0.4) is 0 Å². The Balaban J connectivity index is 2.55. The molecule has 0 aliphatic carbocycles. The number of hydrogen-bond acceptors (Lipinski definition) is 5. The number of amides is 1. The highest BCUT2D eigenvalue weighted by molar-refractivity contribution is 5.98. The monoisotopic (exact) mass is 371 g/mol. The number of nitrogens with one attached hydrogen (secondary N) is 1. The molecule has 0 spiro atoms. The number of allylic oxidation sites excluding steroid dienone is 1. The first-order chi connectivity index (χ1) is 11.3. The molecule has 1 atom stereocenters. The van der Waals surface area contributed by atoms with Crippen LogP contribution in [0.5, 0.6) is 0 Å². The van der Waals surface area contributed by atoms with Crippen molar-refractivity contribution in [1.29, 1.82) is 0 Å². The van der Waals surface area contributed by atoms with E-state index >= 15 is 0 Å². The maximum atomic E-state index is 13.1. The average molecular weight is 371 g/mol. The number of nitro benzene ring substituents is 1. The topological polar surface area (TPSA) is 95.7 Å². The second kappa shape index (κ2) is 5.61. The SMILES string of the molecule is O=C(c1ccccc1[N+](=O)[O-])N1NC(C(F)(F)F)=CC1(O)C(F)(F)F. The summed E-state index contributed by atoms with van der Waals surface area (Å²) < 4.78 is 77.2. The Morgan fingerprint density at radius 3 is 2.24 bits per heavy atom. The molecule has 136 valence electrons. The van der Waals surface area contributed by atoms with Gasteiger partial charge >= 0.3 is 12.4 Å². The molecule has 0 saturated carbocycles. The molecule has 7 nitrogen and oxygen atoms in total. The first kappa shape index (κ1) is 18.5. The molecule has 2 rings (SSSR count). The van der Waals surface area contributed by atoms with E-state index < -0.39 is 56.9 Å². The highest BCUT2D eigenvalue weighted by Gasteiger charge is 2.64. The van der Waals surface area contributed by atoms with Crippen LogP contribution in [-0.2, 0) is 0 Å². The fourth-order valence-electron chi connectivity index (χ4n) is 2.00. The lowest BCUT2D eigenvalue weighted by Crippen LogP contribution is -2.60. The molecular weight excluding hydrogens is 364 g/mol. The van der Waals surface area contributed by atoms with Gasteiger partial charge in [-0.2, -0.15) is 26.3 Å². The van der Waals surface area contributed by atoms with Crippen LogP contribution in [0, 0.1) is 10.1 Å². The summed E-state index contributed by atoms with van der Waals surface area (Å²) in [6, 6.07) is 3.67. The number of aliphatic hydroxyl groups is 1. The van der Waals surface area contributed by atoms with Gasteiger partial charge in [0, 0.05) is 12.1 Å². The predicted octanol–water partition coefficient (Wildman–Crippen LogP) is 2.25. The van der Waals surface area contributed by atoms with Crippen molar-refractivity contribution in [2.45, 2.75) is 18.1 Å². The number of benzene rings is 1. The van der Waals surface area contributed by atoms with Gasteiger partial charge in [0.1, 0.15) is 11.3 Å². The lowest BCUT2D eigenvalue weighted by atomic mass is 10.1. The second-order valence-corrected chi connectivity index (χ2v) is 4.81. The Labute approximate surface area is 134 Å². The molecule has 1 amide bonds. The zero-order chi connectivity index (χ0) is 19.2. The van der Waals surface area contributed by atoms with Crippen LogP contribution in [0.2, 0.25) is 0 Å². The van der Waals surface area contributed by atoms with Crippen molar-refractivity contribution in [2.75, 3.05) is 0 Å². The van der Waals surface area contributed by atoms with Crippen LogP contribution < -0.4 is 5.43 Å². The average Bonchev–Trinajstić information content (AvgIpc) is 2.85. The molecule has 13 heteroatoms. The normalized spacial score (nSPS) is 20.9. The fraction of sp³-hybridized carbons (Fsp3) is 0.250. The van der Waals surface area contributed by atoms with E-state index in [9.17, 15) is 46.4 Å². The number of halogens is 6. The first-order valence-corrected chi connectivity index (χ1v) is 6.23. The Bertz CT molecular complexity index is 760. The summed E-state index contributed by atoms with van der Waals surface area (Å²) in [5.74, 6) is -1.87. The molecule has 1 aromatic carbocycles. The summed E-state index contributed by atoms with van der Waals surface area (Å²) in [6.45, 7) is 0. The van der Waals surface area contributed by atoms with Crippen molar-refractivity contribution >= 4 is 11.6 Å². The molecule has 1 unspecified atom stereocenters. The van der Waals surface area contributed by atoms with Crippen LogP contribution in [0.4, 0.5) is 32.0 Å². The number of alkyl halides is 6. The quantitative estimate of drug-likeness (QED) is 0.472. The van der Waals surface area contributed by atoms with E-state index in [1.54, 1.807) is 0 Å². The molecule has 0 aromatic heterocycles. The van der Waals surface area contributed by atoms with E-state index in [0.29, 0.717) is 0 Å². The van der Waals surface area contributed by atoms with Gasteiger partial charge in [-0.15, -0.1) is 0 Å². The Morgan fingerprint density at radius 2 is 1.76 bits per heavy atom. The third kappa shape index (κ3) is 3.09. The number of rotatable bonds is 2. The molecule has 1 aromatic rings. The summed E-state index contributed by atoms with van der Waals surface area (Å²) in [7, 11) is 0. The van der Waals surface area contributed by atoms with Gasteiger partial charge in [0.05, 0.1) is 4.92 Å². The van der Waals surface area contributed by atoms with Gasteiger partial charge in [-0.1, -0.05) is 12.1 Å². The first-order valence-electron chi connectivity index (χ1n) is 6.23. The van der Waals surface area contributed by atoms with Crippen LogP contribution in [0.1, 0.15) is 10.4 Å². The maximum Gasteiger partial charge on any atom is 0.442 e. The molecule has 25 heavy (non-hydrogen) atoms. The van der Waals surface area contributed by atoms with Gasteiger partial charge in [0.2, 0.25) is 0 Å². The minimum Gasteiger partial charge on any atom is -0.359 e. The lowest BCUT2D eigenvalue weighted by molar-refractivity contribution is -0.385. The van der Waals surface area contributed by atoms with Gasteiger partial charge in [0.25, 0.3) is 17.3 Å². The number of nitrogens with zero attached hydrogens (tertiary/aromatic N) is 2. The van der Waals surface area contributed by atoms with Crippen LogP contribution in [0.15, 0.2) is 36.0 Å². The lowest BCUT2D eigenvalue weighted by Gasteiger charge is -2.33. The Morgan fingerprint density at radius 1 is 1.20 bits per heavy atom. The number of carbonyl (C=O) groups is 1. The molecular formula is C12H7F6N3O4. The molecule has 0 bridgehead atoms. The van der Waals surface area contributed by atoms with Crippen molar-refractivity contribution in [3.05, 3.63) is 51.7 Å². The largest absolute Gasteiger partial charge is 0.442 e. The highest BCUT2D eigenvalue weighted by Crippen LogP contribution is 2.42. The summed E-state index contributed by atoms with van der Waals surface area (Å²) in [6.07, 6.45) is -11.7. The molecule has 1 aliphatic rings. The number of nitro groups is 1. The molecule has 1 aliphatic heterocycles. The number of para-hydroxylation sites is 1. The smallest absolute Gasteiger partial charge is 0.359 e. The van der Waals surface area contributed by atoms with E-state index in [-0.39, 0.29) is 0 Å². The molecule has 0 fully saturated rings. The number of hydrazine groups is 1. The van der Waals surface area contributed by atoms with E-state index in [0.717, 1.165) is 29.7 Å². The number of carbonyl (C=O) groups excluding carboxylic acids is 1. The molecule has 0 radical (unpaired) electrons. The van der Waals surface area contributed by atoms with Gasteiger partial charge in [-0.05, 0) is 6.07 Å². The standard InChI is InChI=1S/C12H7F6N3O4/c13-11(14,15)8-5-10(23,12(16,17)18)20(19-8)9(22)6-3-1-2-4-7(6)21(24)25/h1-5,19,23H. The van der Waals surface area contributed by atoms with Crippen molar-refractivity contribution in [3.63, 3.8) is 0 Å². The number of hydrogen-bond donors (Lipinski definition) is 2. The van der Waals surface area contributed by atoms with Crippen molar-refractivity contribution < 1.29 is 41.2 Å². The van der Waals surface area contributed by atoms with Gasteiger partial charge in [-0.3, -0.25) is 20.3 Å². The second-order valence-electron chi connectivity index (χ2n) is 4.81. The van der Waals surface area contributed by atoms with Crippen molar-refractivity contribution in [1.82, 2.24) is 10.4 Å². The summed E-state index contributed by atoms with van der Waals surface area (Å²) in [4.78, 5) is 22.0. The van der Waals surface area contributed by atoms with Gasteiger partial charge in [0.15, 0.2) is 0 Å². The Hall–Kier alpha value is -2.83. The zero-order valence-electron chi connectivity index (χ0n) is 11.7. The summed E-state index contributed by atoms with van der Waals surface area (Å²) in [5.41, 5.74) is -7.16. The maximum absolute atomic E-state index is 13.1. The molecule has 1 heterocycles. The van der Waals surface area contributed by atoms with Crippen LogP contribution >= 0.6 is 0 Å². The fourth-order valence-corrected chi connectivity index (χ4v) is 2.00. The van der Waals surface area contributed by atoms with Crippen molar-refractivity contribution in [3.8, 4) is 0 Å². The van der Waals surface area contributed by atoms with E-state index in [1.165, 1.54) is 0 Å². The Kier molecular flexibility index (Phi) is 4.16. The van der Waals surface area contributed by atoms with Gasteiger partial charge < -0.3 is 5.11 Å². The van der Waals surface area contributed by atoms with E-state index in [4.69, 9.17) is 0 Å². The minimum absolute atomic E-state index is 0.625. The third-order valence-electron chi connectivity index (χ3n) is 3.18. The third-order valence-corrected chi connectivity index (χ3v) is 3.18. The zero-order valence-corrected chi connectivity index (χ0v) is 11.7. The van der Waals surface area contributed by atoms with Crippen molar-refractivity contribution in [2.24, 2.45) is 0 Å². The molecule has 2 N–H and O–H groups in total. The van der Waals surface area contributed by atoms with Crippen LogP contribution in [0.25, 0.3) is 0 Å². The predicted molar refractivity (Wildman–Crippen MR) is 67.5 cm³/mol. The van der Waals surface area contributed by atoms with E-state index in [2.05, 4.69) is 0 Å². The minimum atomic E-state index is -5.72. The van der Waals surface area contributed by atoms with Crippen LogP contribution in [-0.4, -0.2) is 39.0 Å². The van der Waals surface area contributed by atoms with Gasteiger partial charge in [-0.25, -0.2) is 5.01 Å².